The van der Waals surface area contributed by atoms with Crippen LogP contribution >= 0.6 is 0 Å². The molecule has 2 fully saturated rings. The Morgan fingerprint density at radius 2 is 1.40 bits per heavy atom. The van der Waals surface area contributed by atoms with Crippen LogP contribution in [0.4, 0.5) is 0 Å². The molecule has 2 aliphatic rings. The fourth-order valence-electron chi connectivity index (χ4n) is 3.86. The fourth-order valence-corrected chi connectivity index (χ4v) is 3.86. The van der Waals surface area contributed by atoms with Gasteiger partial charge in [-0.15, -0.1) is 0 Å². The second-order valence-corrected chi connectivity index (χ2v) is 8.43. The summed E-state index contributed by atoms with van der Waals surface area (Å²) in [7, 11) is 0. The Morgan fingerprint density at radius 1 is 0.880 bits per heavy atom. The lowest BCUT2D eigenvalue weighted by atomic mass is 9.86. The molecule has 1 aliphatic heterocycles. The molecule has 25 heavy (non-hydrogen) atoms. The summed E-state index contributed by atoms with van der Waals surface area (Å²) < 4.78 is 0. The molecule has 0 unspecified atom stereocenters. The van der Waals surface area contributed by atoms with Crippen molar-refractivity contribution < 1.29 is 9.59 Å². The molecule has 0 atom stereocenters. The van der Waals surface area contributed by atoms with Crippen LogP contribution in [0.5, 0.6) is 0 Å². The van der Waals surface area contributed by atoms with Crippen LogP contribution in [0.3, 0.4) is 0 Å². The molecule has 1 aromatic rings. The van der Waals surface area contributed by atoms with E-state index >= 15 is 0 Å². The Morgan fingerprint density at radius 3 is 1.92 bits per heavy atom. The van der Waals surface area contributed by atoms with E-state index < -0.39 is 0 Å². The largest absolute Gasteiger partial charge is 0.339 e. The maximum atomic E-state index is 12.7. The molecular formula is C21H30N2O2. The van der Waals surface area contributed by atoms with Crippen LogP contribution in [0, 0.1) is 5.92 Å². The minimum absolute atomic E-state index is 0.0772. The van der Waals surface area contributed by atoms with E-state index in [1.807, 2.05) is 34.1 Å². The Hall–Kier alpha value is -1.84. The van der Waals surface area contributed by atoms with Gasteiger partial charge in [0.2, 0.25) is 5.91 Å². The summed E-state index contributed by atoms with van der Waals surface area (Å²) in [6.45, 7) is 9.12. The van der Waals surface area contributed by atoms with Crippen LogP contribution in [0.1, 0.15) is 62.4 Å². The number of hydrogen-bond acceptors (Lipinski definition) is 2. The number of hydrogen-bond donors (Lipinski definition) is 0. The maximum absolute atomic E-state index is 12.7. The second-order valence-electron chi connectivity index (χ2n) is 8.43. The molecule has 1 saturated heterocycles. The third kappa shape index (κ3) is 4.05. The molecule has 0 radical (unpaired) electrons. The SMILES string of the molecule is CC(C)(C)c1ccc(C(=O)N2CCN(C(=O)C3CCCC3)CC2)cc1. The lowest BCUT2D eigenvalue weighted by molar-refractivity contribution is -0.136. The van der Waals surface area contributed by atoms with E-state index in [1.54, 1.807) is 0 Å². The van der Waals surface area contributed by atoms with Crippen molar-refractivity contribution in [1.82, 2.24) is 9.80 Å². The summed E-state index contributed by atoms with van der Waals surface area (Å²) >= 11 is 0. The molecule has 1 saturated carbocycles. The molecular weight excluding hydrogens is 312 g/mol. The highest BCUT2D eigenvalue weighted by atomic mass is 16.2. The van der Waals surface area contributed by atoms with E-state index in [0.29, 0.717) is 32.1 Å². The van der Waals surface area contributed by atoms with E-state index in [2.05, 4.69) is 20.8 Å². The summed E-state index contributed by atoms with van der Waals surface area (Å²) in [5.74, 6) is 0.611. The molecule has 4 heteroatoms. The quantitative estimate of drug-likeness (QED) is 0.826. The van der Waals surface area contributed by atoms with Crippen molar-refractivity contribution in [3.8, 4) is 0 Å². The van der Waals surface area contributed by atoms with E-state index in [0.717, 1.165) is 18.4 Å². The van der Waals surface area contributed by atoms with E-state index in [9.17, 15) is 9.59 Å². The highest BCUT2D eigenvalue weighted by Crippen LogP contribution is 2.27. The van der Waals surface area contributed by atoms with Crippen LogP contribution in [-0.2, 0) is 10.2 Å². The maximum Gasteiger partial charge on any atom is 0.253 e. The Labute approximate surface area is 151 Å². The monoisotopic (exact) mass is 342 g/mol. The zero-order valence-electron chi connectivity index (χ0n) is 15.8. The molecule has 1 aliphatic carbocycles. The Kier molecular flexibility index (Phi) is 5.16. The average molecular weight is 342 g/mol. The van der Waals surface area contributed by atoms with Crippen molar-refractivity contribution in [1.29, 1.82) is 0 Å². The molecule has 0 bridgehead atoms. The summed E-state index contributed by atoms with van der Waals surface area (Å²) in [6, 6.07) is 7.96. The number of rotatable bonds is 2. The number of piperazine rings is 1. The van der Waals surface area contributed by atoms with Gasteiger partial charge in [-0.2, -0.15) is 0 Å². The van der Waals surface area contributed by atoms with Gasteiger partial charge in [0.1, 0.15) is 0 Å². The van der Waals surface area contributed by atoms with Crippen molar-refractivity contribution in [2.75, 3.05) is 26.2 Å². The van der Waals surface area contributed by atoms with Gasteiger partial charge in [-0.1, -0.05) is 45.7 Å². The van der Waals surface area contributed by atoms with Gasteiger partial charge in [0, 0.05) is 37.7 Å². The van der Waals surface area contributed by atoms with E-state index in [1.165, 1.54) is 18.4 Å². The van der Waals surface area contributed by atoms with E-state index in [-0.39, 0.29) is 17.2 Å². The zero-order chi connectivity index (χ0) is 18.0. The molecule has 136 valence electrons. The van der Waals surface area contributed by atoms with Gasteiger partial charge in [-0.25, -0.2) is 0 Å². The normalized spacial score (nSPS) is 19.3. The summed E-state index contributed by atoms with van der Waals surface area (Å²) in [5.41, 5.74) is 2.06. The third-order valence-corrected chi connectivity index (χ3v) is 5.58. The first-order valence-electron chi connectivity index (χ1n) is 9.55. The fraction of sp³-hybridized carbons (Fsp3) is 0.619. The molecule has 1 heterocycles. The van der Waals surface area contributed by atoms with Gasteiger partial charge in [0.05, 0.1) is 0 Å². The topological polar surface area (TPSA) is 40.6 Å². The average Bonchev–Trinajstić information content (AvgIpc) is 3.14. The Balaban J connectivity index is 1.57. The summed E-state index contributed by atoms with van der Waals surface area (Å²) in [5, 5.41) is 0. The van der Waals surface area contributed by atoms with Gasteiger partial charge < -0.3 is 9.80 Å². The molecule has 3 rings (SSSR count). The molecule has 0 spiro atoms. The molecule has 0 N–H and O–H groups in total. The lowest BCUT2D eigenvalue weighted by Gasteiger charge is -2.36. The molecule has 4 nitrogen and oxygen atoms in total. The van der Waals surface area contributed by atoms with Crippen molar-refractivity contribution in [2.45, 2.75) is 51.9 Å². The van der Waals surface area contributed by atoms with Crippen molar-refractivity contribution in [3.63, 3.8) is 0 Å². The lowest BCUT2D eigenvalue weighted by Crippen LogP contribution is -2.51. The second kappa shape index (κ2) is 7.19. The molecule has 1 aromatic carbocycles. The van der Waals surface area contributed by atoms with Crippen molar-refractivity contribution >= 4 is 11.8 Å². The highest BCUT2D eigenvalue weighted by molar-refractivity contribution is 5.94. The summed E-state index contributed by atoms with van der Waals surface area (Å²) in [6.07, 6.45) is 4.44. The predicted molar refractivity (Wildman–Crippen MR) is 99.6 cm³/mol. The van der Waals surface area contributed by atoms with E-state index in [4.69, 9.17) is 0 Å². The number of nitrogens with zero attached hydrogens (tertiary/aromatic N) is 2. The number of amides is 2. The van der Waals surface area contributed by atoms with Crippen LogP contribution in [0.2, 0.25) is 0 Å². The van der Waals surface area contributed by atoms with Crippen LogP contribution < -0.4 is 0 Å². The first-order valence-corrected chi connectivity index (χ1v) is 9.55. The Bertz CT molecular complexity index is 616. The molecule has 0 aromatic heterocycles. The minimum atomic E-state index is 0.0772. The minimum Gasteiger partial charge on any atom is -0.339 e. The van der Waals surface area contributed by atoms with Crippen LogP contribution in [0.25, 0.3) is 0 Å². The van der Waals surface area contributed by atoms with Gasteiger partial charge >= 0.3 is 0 Å². The van der Waals surface area contributed by atoms with Gasteiger partial charge in [0.15, 0.2) is 0 Å². The third-order valence-electron chi connectivity index (χ3n) is 5.58. The summed E-state index contributed by atoms with van der Waals surface area (Å²) in [4.78, 5) is 29.1. The first-order chi connectivity index (χ1) is 11.9. The predicted octanol–water partition coefficient (Wildman–Crippen LogP) is 3.46. The van der Waals surface area contributed by atoms with Crippen LogP contribution in [-0.4, -0.2) is 47.8 Å². The zero-order valence-corrected chi connectivity index (χ0v) is 15.8. The number of benzene rings is 1. The standard InChI is InChI=1S/C21H30N2O2/c1-21(2,3)18-10-8-17(9-11-18)20(25)23-14-12-22(13-15-23)19(24)16-6-4-5-7-16/h8-11,16H,4-7,12-15H2,1-3H3. The van der Waals surface area contributed by atoms with Gasteiger partial charge in [-0.3, -0.25) is 9.59 Å². The van der Waals surface area contributed by atoms with Crippen LogP contribution in [0.15, 0.2) is 24.3 Å². The van der Waals surface area contributed by atoms with Gasteiger partial charge in [-0.05, 0) is 36.0 Å². The smallest absolute Gasteiger partial charge is 0.253 e. The van der Waals surface area contributed by atoms with Gasteiger partial charge in [0.25, 0.3) is 5.91 Å². The van der Waals surface area contributed by atoms with Crippen molar-refractivity contribution in [3.05, 3.63) is 35.4 Å². The van der Waals surface area contributed by atoms with Crippen molar-refractivity contribution in [2.24, 2.45) is 5.92 Å². The molecule has 2 amide bonds. The highest BCUT2D eigenvalue weighted by Gasteiger charge is 2.30. The number of carbonyl (C=O) groups excluding carboxylic acids is 2. The first kappa shape index (κ1) is 18.0. The number of carbonyl (C=O) groups is 2.